The van der Waals surface area contributed by atoms with Crippen molar-refractivity contribution in [1.29, 1.82) is 0 Å². The summed E-state index contributed by atoms with van der Waals surface area (Å²) in [6, 6.07) is 5.86. The first-order chi connectivity index (χ1) is 12.4. The predicted octanol–water partition coefficient (Wildman–Crippen LogP) is 1.80. The standard InChI is InChI=1S/C17H17N3O5S/c21-15-2-1-9-20(15)12-5-7-13(8-6-12)26(23,24)19-16(22)14-10-25-17(18-14)11-3-4-11/h5-8,10-11H,1-4,9H2,(H,19,22). The molecule has 2 amide bonds. The van der Waals surface area contributed by atoms with E-state index in [1.807, 2.05) is 4.72 Å². The number of aromatic nitrogens is 1. The maximum atomic E-state index is 12.4. The van der Waals surface area contributed by atoms with Gasteiger partial charge in [-0.15, -0.1) is 0 Å². The zero-order valence-electron chi connectivity index (χ0n) is 13.8. The summed E-state index contributed by atoms with van der Waals surface area (Å²) in [4.78, 5) is 29.5. The molecule has 1 saturated carbocycles. The third-order valence-corrected chi connectivity index (χ3v) is 5.79. The van der Waals surface area contributed by atoms with Crippen LogP contribution in [0.1, 0.15) is 48.0 Å². The zero-order valence-corrected chi connectivity index (χ0v) is 14.7. The highest BCUT2D eigenvalue weighted by molar-refractivity contribution is 7.90. The Balaban J connectivity index is 1.48. The Morgan fingerprint density at radius 3 is 2.58 bits per heavy atom. The number of amides is 2. The van der Waals surface area contributed by atoms with Crippen molar-refractivity contribution < 1.29 is 22.4 Å². The van der Waals surface area contributed by atoms with E-state index in [1.54, 1.807) is 17.0 Å². The third kappa shape index (κ3) is 3.22. The number of rotatable bonds is 5. The molecule has 136 valence electrons. The van der Waals surface area contributed by atoms with E-state index in [9.17, 15) is 18.0 Å². The Labute approximate surface area is 150 Å². The van der Waals surface area contributed by atoms with Crippen LogP contribution in [0.5, 0.6) is 0 Å². The van der Waals surface area contributed by atoms with E-state index in [-0.39, 0.29) is 22.4 Å². The molecule has 2 heterocycles. The number of oxazole rings is 1. The van der Waals surface area contributed by atoms with Gasteiger partial charge in [0.1, 0.15) is 6.26 Å². The molecule has 1 N–H and O–H groups in total. The van der Waals surface area contributed by atoms with Crippen LogP contribution in [0.3, 0.4) is 0 Å². The molecule has 1 aliphatic heterocycles. The fraction of sp³-hybridized carbons (Fsp3) is 0.353. The number of anilines is 1. The van der Waals surface area contributed by atoms with Crippen molar-refractivity contribution in [2.45, 2.75) is 36.5 Å². The normalized spacial score (nSPS) is 17.5. The Bertz CT molecular complexity index is 961. The van der Waals surface area contributed by atoms with E-state index in [4.69, 9.17) is 4.42 Å². The molecule has 2 aliphatic rings. The fourth-order valence-corrected chi connectivity index (χ4v) is 3.83. The molecule has 0 radical (unpaired) electrons. The highest BCUT2D eigenvalue weighted by Crippen LogP contribution is 2.39. The third-order valence-electron chi connectivity index (χ3n) is 4.44. The first-order valence-corrected chi connectivity index (χ1v) is 9.85. The molecular formula is C17H17N3O5S. The zero-order chi connectivity index (χ0) is 18.3. The van der Waals surface area contributed by atoms with Crippen LogP contribution in [0.25, 0.3) is 0 Å². The smallest absolute Gasteiger partial charge is 0.286 e. The van der Waals surface area contributed by atoms with Crippen molar-refractivity contribution in [1.82, 2.24) is 9.71 Å². The lowest BCUT2D eigenvalue weighted by molar-refractivity contribution is -0.117. The van der Waals surface area contributed by atoms with Gasteiger partial charge in [0, 0.05) is 24.6 Å². The molecule has 1 aromatic carbocycles. The Hall–Kier alpha value is -2.68. The summed E-state index contributed by atoms with van der Waals surface area (Å²) in [5, 5.41) is 0. The predicted molar refractivity (Wildman–Crippen MR) is 91.2 cm³/mol. The second kappa shape index (κ2) is 6.24. The largest absolute Gasteiger partial charge is 0.448 e. The van der Waals surface area contributed by atoms with Gasteiger partial charge in [-0.3, -0.25) is 9.59 Å². The number of sulfonamides is 1. The summed E-state index contributed by atoms with van der Waals surface area (Å²) in [6.45, 7) is 0.622. The lowest BCUT2D eigenvalue weighted by Crippen LogP contribution is -2.31. The Kier molecular flexibility index (Phi) is 4.03. The van der Waals surface area contributed by atoms with E-state index >= 15 is 0 Å². The first-order valence-electron chi connectivity index (χ1n) is 8.37. The molecule has 1 aromatic heterocycles. The highest BCUT2D eigenvalue weighted by atomic mass is 32.2. The molecule has 2 aromatic rings. The minimum absolute atomic E-state index is 0.0198. The second-order valence-electron chi connectivity index (χ2n) is 6.42. The van der Waals surface area contributed by atoms with E-state index in [1.165, 1.54) is 18.4 Å². The number of carbonyl (C=O) groups excluding carboxylic acids is 2. The molecular weight excluding hydrogens is 358 g/mol. The summed E-state index contributed by atoms with van der Waals surface area (Å²) >= 11 is 0. The molecule has 26 heavy (non-hydrogen) atoms. The average Bonchev–Trinajstić information content (AvgIpc) is 3.18. The quantitative estimate of drug-likeness (QED) is 0.853. The summed E-state index contributed by atoms with van der Waals surface area (Å²) in [5.74, 6) is -0.118. The number of hydrogen-bond acceptors (Lipinski definition) is 6. The summed E-state index contributed by atoms with van der Waals surface area (Å²) in [5.41, 5.74) is 0.582. The minimum atomic E-state index is -4.04. The second-order valence-corrected chi connectivity index (χ2v) is 8.11. The molecule has 8 nitrogen and oxygen atoms in total. The average molecular weight is 375 g/mol. The van der Waals surface area contributed by atoms with Crippen molar-refractivity contribution >= 4 is 27.5 Å². The Morgan fingerprint density at radius 2 is 1.96 bits per heavy atom. The Morgan fingerprint density at radius 1 is 1.23 bits per heavy atom. The summed E-state index contributed by atoms with van der Waals surface area (Å²) in [7, 11) is -4.04. The van der Waals surface area contributed by atoms with Gasteiger partial charge < -0.3 is 9.32 Å². The van der Waals surface area contributed by atoms with Crippen LogP contribution in [0.15, 0.2) is 39.8 Å². The molecule has 0 unspecified atom stereocenters. The van der Waals surface area contributed by atoms with Gasteiger partial charge in [0.25, 0.3) is 15.9 Å². The SMILES string of the molecule is O=C(NS(=O)(=O)c1ccc(N2CCCC2=O)cc1)c1coc(C2CC2)n1. The van der Waals surface area contributed by atoms with Gasteiger partial charge in [0.05, 0.1) is 4.90 Å². The molecule has 4 rings (SSSR count). The lowest BCUT2D eigenvalue weighted by Gasteiger charge is -2.16. The number of hydrogen-bond donors (Lipinski definition) is 1. The molecule has 2 fully saturated rings. The van der Waals surface area contributed by atoms with Gasteiger partial charge in [-0.1, -0.05) is 0 Å². The van der Waals surface area contributed by atoms with Crippen LogP contribution in [-0.2, 0) is 14.8 Å². The van der Waals surface area contributed by atoms with E-state index < -0.39 is 15.9 Å². The van der Waals surface area contributed by atoms with Crippen molar-refractivity contribution in [3.63, 3.8) is 0 Å². The van der Waals surface area contributed by atoms with E-state index in [0.717, 1.165) is 19.3 Å². The van der Waals surface area contributed by atoms with Crippen LogP contribution in [-0.4, -0.2) is 31.8 Å². The van der Waals surface area contributed by atoms with Crippen molar-refractivity contribution in [2.24, 2.45) is 0 Å². The molecule has 0 atom stereocenters. The topological polar surface area (TPSA) is 110 Å². The van der Waals surface area contributed by atoms with Gasteiger partial charge in [-0.2, -0.15) is 0 Å². The first kappa shape index (κ1) is 16.8. The molecule has 9 heteroatoms. The number of nitrogens with one attached hydrogen (secondary N) is 1. The van der Waals surface area contributed by atoms with Gasteiger partial charge in [0.15, 0.2) is 11.6 Å². The fourth-order valence-electron chi connectivity index (χ4n) is 2.87. The van der Waals surface area contributed by atoms with E-state index in [2.05, 4.69) is 4.98 Å². The molecule has 0 bridgehead atoms. The number of nitrogens with zero attached hydrogens (tertiary/aromatic N) is 2. The lowest BCUT2D eigenvalue weighted by atomic mass is 10.3. The number of carbonyl (C=O) groups is 2. The van der Waals surface area contributed by atoms with Crippen molar-refractivity contribution in [3.8, 4) is 0 Å². The van der Waals surface area contributed by atoms with E-state index in [0.29, 0.717) is 24.5 Å². The van der Waals surface area contributed by atoms with Crippen molar-refractivity contribution in [3.05, 3.63) is 42.1 Å². The van der Waals surface area contributed by atoms with Crippen LogP contribution in [0.2, 0.25) is 0 Å². The van der Waals surface area contributed by atoms with Gasteiger partial charge >= 0.3 is 0 Å². The summed E-state index contributed by atoms with van der Waals surface area (Å²) < 4.78 is 32.0. The molecule has 1 aliphatic carbocycles. The van der Waals surface area contributed by atoms with Crippen LogP contribution in [0.4, 0.5) is 5.69 Å². The van der Waals surface area contributed by atoms with Gasteiger partial charge in [-0.25, -0.2) is 18.1 Å². The van der Waals surface area contributed by atoms with Crippen LogP contribution >= 0.6 is 0 Å². The van der Waals surface area contributed by atoms with Crippen molar-refractivity contribution in [2.75, 3.05) is 11.4 Å². The van der Waals surface area contributed by atoms with Gasteiger partial charge in [0.2, 0.25) is 5.91 Å². The maximum absolute atomic E-state index is 12.4. The minimum Gasteiger partial charge on any atom is -0.448 e. The summed E-state index contributed by atoms with van der Waals surface area (Å²) in [6.07, 6.45) is 4.38. The highest BCUT2D eigenvalue weighted by Gasteiger charge is 2.30. The van der Waals surface area contributed by atoms with Crippen LogP contribution < -0.4 is 9.62 Å². The number of benzene rings is 1. The molecule has 1 saturated heterocycles. The molecule has 0 spiro atoms. The van der Waals surface area contributed by atoms with Crippen LogP contribution in [0, 0.1) is 0 Å². The van der Waals surface area contributed by atoms with Gasteiger partial charge in [-0.05, 0) is 43.5 Å². The monoisotopic (exact) mass is 375 g/mol. The maximum Gasteiger partial charge on any atom is 0.286 e.